The van der Waals surface area contributed by atoms with Crippen molar-refractivity contribution in [3.63, 3.8) is 0 Å². The minimum Gasteiger partial charge on any atom is -0.457 e. The minimum atomic E-state index is -3.14. The van der Waals surface area contributed by atoms with Crippen LogP contribution in [-0.2, 0) is 14.8 Å². The highest BCUT2D eigenvalue weighted by Gasteiger charge is 2.23. The van der Waals surface area contributed by atoms with Gasteiger partial charge >= 0.3 is 0 Å². The second kappa shape index (κ2) is 9.42. The molecule has 1 N–H and O–H groups in total. The molecule has 1 aliphatic rings. The maximum atomic E-state index is 12.3. The molecule has 0 bridgehead atoms. The SMILES string of the molecule is CS(=O)(=O)N1CCN(c2ccc(NC(=O)/C=C/c3ccc(-c4ccccc4)o3)cc2)CC1. The van der Waals surface area contributed by atoms with E-state index in [-0.39, 0.29) is 5.91 Å². The zero-order valence-corrected chi connectivity index (χ0v) is 18.6. The number of carbonyl (C=O) groups is 1. The number of sulfonamides is 1. The van der Waals surface area contributed by atoms with Gasteiger partial charge in [0.15, 0.2) is 0 Å². The molecule has 1 aromatic heterocycles. The predicted molar refractivity (Wildman–Crippen MR) is 127 cm³/mol. The molecule has 32 heavy (non-hydrogen) atoms. The predicted octanol–water partition coefficient (Wildman–Crippen LogP) is 3.68. The van der Waals surface area contributed by atoms with Gasteiger partial charge < -0.3 is 14.6 Å². The number of hydrogen-bond donors (Lipinski definition) is 1. The summed E-state index contributed by atoms with van der Waals surface area (Å²) in [4.78, 5) is 14.4. The van der Waals surface area contributed by atoms with Crippen LogP contribution in [0.1, 0.15) is 5.76 Å². The van der Waals surface area contributed by atoms with Crippen LogP contribution in [-0.4, -0.2) is 51.1 Å². The molecule has 0 saturated carbocycles. The summed E-state index contributed by atoms with van der Waals surface area (Å²) in [5.74, 6) is 1.10. The molecule has 2 heterocycles. The van der Waals surface area contributed by atoms with E-state index >= 15 is 0 Å². The van der Waals surface area contributed by atoms with Gasteiger partial charge in [0.05, 0.1) is 6.26 Å². The van der Waals surface area contributed by atoms with E-state index in [0.29, 0.717) is 37.6 Å². The van der Waals surface area contributed by atoms with Gasteiger partial charge in [0.2, 0.25) is 15.9 Å². The van der Waals surface area contributed by atoms with Gasteiger partial charge in [0.1, 0.15) is 11.5 Å². The van der Waals surface area contributed by atoms with E-state index < -0.39 is 10.0 Å². The molecule has 0 radical (unpaired) electrons. The zero-order valence-electron chi connectivity index (χ0n) is 17.8. The maximum Gasteiger partial charge on any atom is 0.248 e. The summed E-state index contributed by atoms with van der Waals surface area (Å²) in [6.45, 7) is 2.22. The van der Waals surface area contributed by atoms with Gasteiger partial charge in [-0.25, -0.2) is 8.42 Å². The Hall–Kier alpha value is -3.36. The topological polar surface area (TPSA) is 82.9 Å². The first-order valence-corrected chi connectivity index (χ1v) is 12.2. The van der Waals surface area contributed by atoms with Crippen molar-refractivity contribution in [3.05, 3.63) is 78.6 Å². The molecular weight excluding hydrogens is 426 g/mol. The number of nitrogens with zero attached hydrogens (tertiary/aromatic N) is 2. The van der Waals surface area contributed by atoms with Gasteiger partial charge in [0, 0.05) is 49.2 Å². The van der Waals surface area contributed by atoms with Crippen molar-refractivity contribution in [2.75, 3.05) is 42.7 Å². The summed E-state index contributed by atoms with van der Waals surface area (Å²) in [5, 5.41) is 2.83. The van der Waals surface area contributed by atoms with Crippen molar-refractivity contribution < 1.29 is 17.6 Å². The monoisotopic (exact) mass is 451 g/mol. The molecule has 8 heteroatoms. The van der Waals surface area contributed by atoms with Gasteiger partial charge in [-0.15, -0.1) is 0 Å². The molecule has 0 spiro atoms. The fraction of sp³-hybridized carbons (Fsp3) is 0.208. The van der Waals surface area contributed by atoms with Gasteiger partial charge in [-0.3, -0.25) is 4.79 Å². The largest absolute Gasteiger partial charge is 0.457 e. The van der Waals surface area contributed by atoms with Gasteiger partial charge in [-0.05, 0) is 42.5 Å². The Bertz CT molecular complexity index is 1190. The normalized spacial score (nSPS) is 15.2. The number of rotatable bonds is 6. The zero-order chi connectivity index (χ0) is 22.6. The van der Waals surface area contributed by atoms with E-state index in [2.05, 4.69) is 10.2 Å². The van der Waals surface area contributed by atoms with Crippen molar-refractivity contribution in [2.24, 2.45) is 0 Å². The molecule has 3 aromatic rings. The van der Waals surface area contributed by atoms with E-state index in [1.807, 2.05) is 66.7 Å². The second-order valence-corrected chi connectivity index (χ2v) is 9.57. The number of furan rings is 1. The van der Waals surface area contributed by atoms with Crippen LogP contribution in [0.5, 0.6) is 0 Å². The lowest BCUT2D eigenvalue weighted by molar-refractivity contribution is -0.111. The molecule has 1 aliphatic heterocycles. The third-order valence-corrected chi connectivity index (χ3v) is 6.59. The highest BCUT2D eigenvalue weighted by Crippen LogP contribution is 2.23. The molecule has 2 aromatic carbocycles. The number of carbonyl (C=O) groups excluding carboxylic acids is 1. The highest BCUT2D eigenvalue weighted by atomic mass is 32.2. The Labute approximate surface area is 188 Å². The Morgan fingerprint density at radius 3 is 2.28 bits per heavy atom. The molecule has 0 aliphatic carbocycles. The molecule has 1 fully saturated rings. The summed E-state index contributed by atoms with van der Waals surface area (Å²) < 4.78 is 30.5. The second-order valence-electron chi connectivity index (χ2n) is 7.59. The summed E-state index contributed by atoms with van der Waals surface area (Å²) >= 11 is 0. The first kappa shape index (κ1) is 21.9. The van der Waals surface area contributed by atoms with Crippen molar-refractivity contribution in [3.8, 4) is 11.3 Å². The first-order chi connectivity index (χ1) is 15.4. The number of anilines is 2. The molecule has 7 nitrogen and oxygen atoms in total. The number of hydrogen-bond acceptors (Lipinski definition) is 5. The molecule has 0 unspecified atom stereocenters. The lowest BCUT2D eigenvalue weighted by Gasteiger charge is -2.34. The first-order valence-electron chi connectivity index (χ1n) is 10.3. The number of piperazine rings is 1. The van der Waals surface area contributed by atoms with E-state index in [1.165, 1.54) is 16.6 Å². The Balaban J connectivity index is 1.31. The molecule has 4 rings (SSSR count). The van der Waals surface area contributed by atoms with Crippen LogP contribution in [0.2, 0.25) is 0 Å². The highest BCUT2D eigenvalue weighted by molar-refractivity contribution is 7.88. The molecule has 166 valence electrons. The maximum absolute atomic E-state index is 12.3. The van der Waals surface area contributed by atoms with Crippen molar-refractivity contribution in [1.29, 1.82) is 0 Å². The lowest BCUT2D eigenvalue weighted by atomic mass is 10.2. The van der Waals surface area contributed by atoms with Crippen LogP contribution in [0.4, 0.5) is 11.4 Å². The summed E-state index contributed by atoms with van der Waals surface area (Å²) in [6, 6.07) is 21.0. The van der Waals surface area contributed by atoms with Gasteiger partial charge in [-0.2, -0.15) is 4.31 Å². The third-order valence-electron chi connectivity index (χ3n) is 5.29. The lowest BCUT2D eigenvalue weighted by Crippen LogP contribution is -2.48. The Morgan fingerprint density at radius 2 is 1.62 bits per heavy atom. The van der Waals surface area contributed by atoms with E-state index in [0.717, 1.165) is 17.0 Å². The van der Waals surface area contributed by atoms with Gasteiger partial charge in [-0.1, -0.05) is 30.3 Å². The average molecular weight is 452 g/mol. The van der Waals surface area contributed by atoms with Gasteiger partial charge in [0.25, 0.3) is 0 Å². The smallest absolute Gasteiger partial charge is 0.248 e. The average Bonchev–Trinajstić information content (AvgIpc) is 3.28. The molecular formula is C24H25N3O4S. The van der Waals surface area contributed by atoms with Crippen molar-refractivity contribution in [1.82, 2.24) is 4.31 Å². The van der Waals surface area contributed by atoms with Crippen LogP contribution in [0.15, 0.2) is 77.2 Å². The molecule has 1 saturated heterocycles. The van der Waals surface area contributed by atoms with Crippen molar-refractivity contribution >= 4 is 33.4 Å². The van der Waals surface area contributed by atoms with Crippen LogP contribution in [0.3, 0.4) is 0 Å². The quantitative estimate of drug-likeness (QED) is 0.578. The fourth-order valence-electron chi connectivity index (χ4n) is 3.58. The number of benzene rings is 2. The van der Waals surface area contributed by atoms with E-state index in [4.69, 9.17) is 4.42 Å². The van der Waals surface area contributed by atoms with Crippen LogP contribution >= 0.6 is 0 Å². The van der Waals surface area contributed by atoms with Crippen LogP contribution in [0.25, 0.3) is 17.4 Å². The Morgan fingerprint density at radius 1 is 0.938 bits per heavy atom. The third kappa shape index (κ3) is 5.46. The van der Waals surface area contributed by atoms with Crippen LogP contribution < -0.4 is 10.2 Å². The van der Waals surface area contributed by atoms with E-state index in [9.17, 15) is 13.2 Å². The van der Waals surface area contributed by atoms with E-state index in [1.54, 1.807) is 6.08 Å². The Kier molecular flexibility index (Phi) is 6.43. The minimum absolute atomic E-state index is 0.253. The molecule has 1 amide bonds. The fourth-order valence-corrected chi connectivity index (χ4v) is 4.40. The number of amides is 1. The summed E-state index contributed by atoms with van der Waals surface area (Å²) in [7, 11) is -3.14. The number of nitrogens with one attached hydrogen (secondary N) is 1. The summed E-state index contributed by atoms with van der Waals surface area (Å²) in [6.07, 6.45) is 4.31. The van der Waals surface area contributed by atoms with Crippen LogP contribution in [0, 0.1) is 0 Å². The summed E-state index contributed by atoms with van der Waals surface area (Å²) in [5.41, 5.74) is 2.66. The molecule has 0 atom stereocenters. The van der Waals surface area contributed by atoms with Crippen molar-refractivity contribution in [2.45, 2.75) is 0 Å². The standard InChI is InChI=1S/C24H25N3O4S/c1-32(29,30)27-17-15-26(16-18-27)21-9-7-20(8-10-21)25-24(28)14-12-22-11-13-23(31-22)19-5-3-2-4-6-19/h2-14H,15-18H2,1H3,(H,25,28)/b14-12+.